The van der Waals surface area contributed by atoms with E-state index in [4.69, 9.17) is 5.26 Å². The molecule has 0 aliphatic carbocycles. The third-order valence-electron chi connectivity index (χ3n) is 5.74. The van der Waals surface area contributed by atoms with Gasteiger partial charge in [-0.1, -0.05) is 6.92 Å². The second-order valence-electron chi connectivity index (χ2n) is 7.78. The van der Waals surface area contributed by atoms with Crippen LogP contribution in [0.2, 0.25) is 0 Å². The number of nitrogens with one attached hydrogen (secondary N) is 1. The number of nitriles is 1. The highest BCUT2D eigenvalue weighted by Crippen LogP contribution is 2.28. The molecule has 2 aromatic rings. The summed E-state index contributed by atoms with van der Waals surface area (Å²) >= 11 is 1.52. The van der Waals surface area contributed by atoms with E-state index in [9.17, 15) is 14.4 Å². The Labute approximate surface area is 184 Å². The highest BCUT2D eigenvalue weighted by molar-refractivity contribution is 7.99. The number of hydrogen-bond acceptors (Lipinski definition) is 6. The molecule has 3 amide bonds. The minimum atomic E-state index is -0.455. The molecule has 0 spiro atoms. The van der Waals surface area contributed by atoms with Crippen molar-refractivity contribution in [2.24, 2.45) is 5.92 Å². The summed E-state index contributed by atoms with van der Waals surface area (Å²) in [5, 5.41) is 12.4. The maximum absolute atomic E-state index is 12.9. The van der Waals surface area contributed by atoms with E-state index in [1.54, 1.807) is 23.2 Å². The Kier molecular flexibility index (Phi) is 6.09. The maximum Gasteiger partial charge on any atom is 0.252 e. The molecule has 9 heteroatoms. The van der Waals surface area contributed by atoms with E-state index in [1.807, 2.05) is 19.1 Å². The van der Waals surface area contributed by atoms with Gasteiger partial charge in [0.15, 0.2) is 0 Å². The van der Waals surface area contributed by atoms with Crippen LogP contribution in [0.4, 0.5) is 5.69 Å². The Morgan fingerprint density at radius 2 is 2.19 bits per heavy atom. The summed E-state index contributed by atoms with van der Waals surface area (Å²) in [6.45, 7) is 2.41. The molecule has 0 bridgehead atoms. The number of rotatable bonds is 4. The Hall–Kier alpha value is -3.12. The van der Waals surface area contributed by atoms with E-state index in [0.717, 1.165) is 18.5 Å². The van der Waals surface area contributed by atoms with Crippen molar-refractivity contribution in [3.05, 3.63) is 36.0 Å². The molecule has 0 unspecified atom stereocenters. The monoisotopic (exact) mass is 437 g/mol. The maximum atomic E-state index is 12.9. The van der Waals surface area contributed by atoms with Gasteiger partial charge in [-0.25, -0.2) is 0 Å². The van der Waals surface area contributed by atoms with Gasteiger partial charge in [0.05, 0.1) is 29.6 Å². The molecule has 2 aliphatic heterocycles. The van der Waals surface area contributed by atoms with Crippen LogP contribution in [0, 0.1) is 17.2 Å². The predicted molar refractivity (Wildman–Crippen MR) is 118 cm³/mol. The van der Waals surface area contributed by atoms with Gasteiger partial charge in [0.2, 0.25) is 11.8 Å². The molecule has 160 valence electrons. The van der Waals surface area contributed by atoms with Gasteiger partial charge in [0, 0.05) is 35.5 Å². The molecular weight excluding hydrogens is 414 g/mol. The second kappa shape index (κ2) is 8.94. The van der Waals surface area contributed by atoms with E-state index in [1.165, 1.54) is 16.7 Å². The van der Waals surface area contributed by atoms with Gasteiger partial charge in [-0.15, -0.1) is 11.8 Å². The third-order valence-corrected chi connectivity index (χ3v) is 6.75. The first-order chi connectivity index (χ1) is 15.0. The fraction of sp³-hybridized carbons (Fsp3) is 0.409. The van der Waals surface area contributed by atoms with Crippen LogP contribution in [0.15, 0.2) is 30.5 Å². The van der Waals surface area contributed by atoms with Gasteiger partial charge in [-0.2, -0.15) is 5.26 Å². The number of anilines is 1. The van der Waals surface area contributed by atoms with Gasteiger partial charge in [-0.05, 0) is 37.1 Å². The highest BCUT2D eigenvalue weighted by atomic mass is 32.2. The van der Waals surface area contributed by atoms with Gasteiger partial charge < -0.3 is 15.1 Å². The van der Waals surface area contributed by atoms with Crippen LogP contribution >= 0.6 is 11.8 Å². The van der Waals surface area contributed by atoms with Crippen LogP contribution in [0.5, 0.6) is 0 Å². The predicted octanol–water partition coefficient (Wildman–Crippen LogP) is 2.15. The lowest BCUT2D eigenvalue weighted by atomic mass is 9.98. The number of carbonyl (C=O) groups is 3. The first-order valence-corrected chi connectivity index (χ1v) is 11.4. The quantitative estimate of drug-likeness (QED) is 0.786. The Balaban J connectivity index is 1.54. The van der Waals surface area contributed by atoms with E-state index in [2.05, 4.69) is 16.4 Å². The van der Waals surface area contributed by atoms with Crippen LogP contribution in [-0.4, -0.2) is 58.4 Å². The first-order valence-electron chi connectivity index (χ1n) is 10.2. The van der Waals surface area contributed by atoms with E-state index in [0.29, 0.717) is 34.6 Å². The van der Waals surface area contributed by atoms with Crippen LogP contribution in [0.3, 0.4) is 0 Å². The number of aromatic nitrogens is 1. The first kappa shape index (κ1) is 21.1. The molecule has 4 rings (SSSR count). The number of benzene rings is 1. The lowest BCUT2D eigenvalue weighted by Crippen LogP contribution is -2.42. The van der Waals surface area contributed by atoms with Crippen LogP contribution in [-0.2, 0) is 9.59 Å². The van der Waals surface area contributed by atoms with Crippen molar-refractivity contribution in [2.45, 2.75) is 25.8 Å². The molecule has 3 heterocycles. The smallest absolute Gasteiger partial charge is 0.252 e. The average Bonchev–Trinajstić information content (AvgIpc) is 3.27. The molecule has 2 saturated heterocycles. The molecule has 8 nitrogen and oxygen atoms in total. The normalized spacial score (nSPS) is 21.2. The second-order valence-corrected chi connectivity index (χ2v) is 8.78. The SMILES string of the molecule is C[C@H]1CCCN(c2ccc3nccc(C(=O)NCC(=O)N4CSC[C@H]4C#N)c3c2)C1=O. The van der Waals surface area contributed by atoms with Crippen molar-refractivity contribution in [3.8, 4) is 6.07 Å². The molecule has 1 aromatic heterocycles. The van der Waals surface area contributed by atoms with Gasteiger partial charge in [0.1, 0.15) is 6.04 Å². The summed E-state index contributed by atoms with van der Waals surface area (Å²) in [4.78, 5) is 45.5. The van der Waals surface area contributed by atoms with Gasteiger partial charge in [0.25, 0.3) is 5.91 Å². The zero-order valence-corrected chi connectivity index (χ0v) is 18.0. The number of pyridine rings is 1. The van der Waals surface area contributed by atoms with Crippen LogP contribution in [0.1, 0.15) is 30.1 Å². The van der Waals surface area contributed by atoms with Gasteiger partial charge in [-0.3, -0.25) is 19.4 Å². The van der Waals surface area contributed by atoms with Crippen LogP contribution in [0.25, 0.3) is 10.9 Å². The molecular formula is C22H23N5O3S. The number of piperidine rings is 1. The molecule has 0 saturated carbocycles. The van der Waals surface area contributed by atoms with Crippen molar-refractivity contribution in [2.75, 3.05) is 29.6 Å². The number of nitrogens with zero attached hydrogens (tertiary/aromatic N) is 4. The molecule has 1 N–H and O–H groups in total. The van der Waals surface area contributed by atoms with E-state index in [-0.39, 0.29) is 24.3 Å². The minimum Gasteiger partial charge on any atom is -0.343 e. The lowest BCUT2D eigenvalue weighted by Gasteiger charge is -2.30. The molecule has 2 atom stereocenters. The van der Waals surface area contributed by atoms with Gasteiger partial charge >= 0.3 is 0 Å². The third kappa shape index (κ3) is 4.21. The molecule has 0 radical (unpaired) electrons. The number of amides is 3. The molecule has 1 aromatic carbocycles. The number of hydrogen-bond donors (Lipinski definition) is 1. The molecule has 2 aliphatic rings. The Bertz CT molecular complexity index is 1080. The summed E-state index contributed by atoms with van der Waals surface area (Å²) in [6.07, 6.45) is 3.37. The number of carbonyl (C=O) groups excluding carboxylic acids is 3. The van der Waals surface area contributed by atoms with E-state index >= 15 is 0 Å². The van der Waals surface area contributed by atoms with Crippen molar-refractivity contribution in [1.29, 1.82) is 5.26 Å². The van der Waals surface area contributed by atoms with Crippen molar-refractivity contribution in [3.63, 3.8) is 0 Å². The summed E-state index contributed by atoms with van der Waals surface area (Å²) in [5.41, 5.74) is 1.78. The summed E-state index contributed by atoms with van der Waals surface area (Å²) < 4.78 is 0. The number of thioether (sulfide) groups is 1. The Morgan fingerprint density at radius 3 is 3.00 bits per heavy atom. The number of fused-ring (bicyclic) bond motifs is 1. The van der Waals surface area contributed by atoms with Crippen LogP contribution < -0.4 is 10.2 Å². The summed E-state index contributed by atoms with van der Waals surface area (Å²) in [6, 6.07) is 8.74. The highest BCUT2D eigenvalue weighted by Gasteiger charge is 2.29. The minimum absolute atomic E-state index is 0.0203. The van der Waals surface area contributed by atoms with Crippen molar-refractivity contribution in [1.82, 2.24) is 15.2 Å². The molecule has 31 heavy (non-hydrogen) atoms. The lowest BCUT2D eigenvalue weighted by molar-refractivity contribution is -0.129. The largest absolute Gasteiger partial charge is 0.343 e. The van der Waals surface area contributed by atoms with E-state index < -0.39 is 11.9 Å². The Morgan fingerprint density at radius 1 is 1.35 bits per heavy atom. The van der Waals surface area contributed by atoms with Crippen molar-refractivity contribution < 1.29 is 14.4 Å². The van der Waals surface area contributed by atoms with Crippen molar-refractivity contribution >= 4 is 46.1 Å². The molecule has 2 fully saturated rings. The topological polar surface area (TPSA) is 106 Å². The zero-order chi connectivity index (χ0) is 22.0. The standard InChI is InChI=1S/C22H23N5O3S/c1-14-3-2-8-26(22(14)30)15-4-5-19-18(9-15)17(6-7-24-19)21(29)25-11-20(28)27-13-31-12-16(27)10-23/h4-7,9,14,16H,2-3,8,11-13H2,1H3,(H,25,29)/t14-,16+/m0/s1. The fourth-order valence-electron chi connectivity index (χ4n) is 3.96. The summed E-state index contributed by atoms with van der Waals surface area (Å²) in [5.74, 6) is 0.432. The fourth-order valence-corrected chi connectivity index (χ4v) is 5.06. The zero-order valence-electron chi connectivity index (χ0n) is 17.2. The summed E-state index contributed by atoms with van der Waals surface area (Å²) in [7, 11) is 0. The average molecular weight is 438 g/mol.